The molecule has 1 heterocycles. The van der Waals surface area contributed by atoms with Gasteiger partial charge in [-0.15, -0.1) is 0 Å². The first-order valence-electron chi connectivity index (χ1n) is 7.56. The zero-order chi connectivity index (χ0) is 15.0. The van der Waals surface area contributed by atoms with Crippen LogP contribution < -0.4 is 10.5 Å². The van der Waals surface area contributed by atoms with Crippen LogP contribution >= 0.6 is 0 Å². The third kappa shape index (κ3) is 3.22. The molecule has 0 amide bonds. The first kappa shape index (κ1) is 14.8. The monoisotopic (exact) mass is 309 g/mol. The molecular formula is C15H23N3O2S. The molecule has 1 aliphatic heterocycles. The Morgan fingerprint density at radius 2 is 2.10 bits per heavy atom. The molecule has 0 spiro atoms. The van der Waals surface area contributed by atoms with Gasteiger partial charge in [0.1, 0.15) is 4.90 Å². The summed E-state index contributed by atoms with van der Waals surface area (Å²) in [4.78, 5) is 2.71. The van der Waals surface area contributed by atoms with Gasteiger partial charge in [-0.3, -0.25) is 0 Å². The lowest BCUT2D eigenvalue weighted by atomic mass is 10.1. The minimum absolute atomic E-state index is 0.224. The average Bonchev–Trinajstić information content (AvgIpc) is 3.15. The predicted octanol–water partition coefficient (Wildman–Crippen LogP) is 1.34. The van der Waals surface area contributed by atoms with E-state index >= 15 is 0 Å². The second-order valence-electron chi connectivity index (χ2n) is 6.23. The van der Waals surface area contributed by atoms with E-state index in [4.69, 9.17) is 5.73 Å². The van der Waals surface area contributed by atoms with Gasteiger partial charge in [0.2, 0.25) is 10.0 Å². The lowest BCUT2D eigenvalue weighted by Crippen LogP contribution is -2.32. The van der Waals surface area contributed by atoms with Crippen molar-refractivity contribution in [3.63, 3.8) is 0 Å². The average molecular weight is 309 g/mol. The summed E-state index contributed by atoms with van der Waals surface area (Å²) in [5.41, 5.74) is 6.84. The molecule has 1 saturated heterocycles. The molecule has 1 aromatic rings. The highest BCUT2D eigenvalue weighted by atomic mass is 32.2. The van der Waals surface area contributed by atoms with Gasteiger partial charge in [-0.25, -0.2) is 13.1 Å². The number of aryl methyl sites for hydroxylation is 1. The van der Waals surface area contributed by atoms with E-state index in [1.807, 2.05) is 0 Å². The van der Waals surface area contributed by atoms with Gasteiger partial charge >= 0.3 is 0 Å². The van der Waals surface area contributed by atoms with Crippen LogP contribution in [0.15, 0.2) is 23.1 Å². The van der Waals surface area contributed by atoms with Gasteiger partial charge < -0.3 is 10.6 Å². The van der Waals surface area contributed by atoms with Gasteiger partial charge in [0.05, 0.1) is 5.69 Å². The third-order valence-electron chi connectivity index (χ3n) is 4.45. The van der Waals surface area contributed by atoms with Gasteiger partial charge in [0, 0.05) is 19.1 Å². The van der Waals surface area contributed by atoms with Crippen molar-refractivity contribution in [3.8, 4) is 0 Å². The Labute approximate surface area is 126 Å². The van der Waals surface area contributed by atoms with Crippen LogP contribution in [0.2, 0.25) is 0 Å². The van der Waals surface area contributed by atoms with Crippen LogP contribution in [0.25, 0.3) is 0 Å². The van der Waals surface area contributed by atoms with Gasteiger partial charge in [0.15, 0.2) is 0 Å². The third-order valence-corrected chi connectivity index (χ3v) is 6.10. The molecule has 2 aliphatic rings. The number of likely N-dealkylation sites (tertiary alicyclic amines) is 1. The van der Waals surface area contributed by atoms with Crippen LogP contribution in [0.1, 0.15) is 24.8 Å². The van der Waals surface area contributed by atoms with Crippen LogP contribution in [-0.4, -0.2) is 39.0 Å². The highest BCUT2D eigenvalue weighted by Gasteiger charge is 2.34. The summed E-state index contributed by atoms with van der Waals surface area (Å²) in [5, 5.41) is 0. The number of rotatable bonds is 5. The number of hydrogen-bond donors (Lipinski definition) is 2. The number of nitrogen functional groups attached to an aromatic ring is 1. The second-order valence-corrected chi connectivity index (χ2v) is 7.93. The molecule has 21 heavy (non-hydrogen) atoms. The number of nitrogens with two attached hydrogens (primary N) is 1. The first-order valence-corrected chi connectivity index (χ1v) is 9.04. The molecule has 0 radical (unpaired) electrons. The number of hydrogen-bond acceptors (Lipinski definition) is 4. The van der Waals surface area contributed by atoms with Crippen molar-refractivity contribution < 1.29 is 8.42 Å². The van der Waals surface area contributed by atoms with E-state index in [-0.39, 0.29) is 4.90 Å². The van der Waals surface area contributed by atoms with Crippen molar-refractivity contribution in [3.05, 3.63) is 23.8 Å². The molecule has 6 heteroatoms. The lowest BCUT2D eigenvalue weighted by Gasteiger charge is -2.16. The quantitative estimate of drug-likeness (QED) is 0.805. The summed E-state index contributed by atoms with van der Waals surface area (Å²) < 4.78 is 27.7. The van der Waals surface area contributed by atoms with Gasteiger partial charge in [0.25, 0.3) is 0 Å². The molecule has 5 nitrogen and oxygen atoms in total. The van der Waals surface area contributed by atoms with Gasteiger partial charge in [-0.1, -0.05) is 12.1 Å². The summed E-state index contributed by atoms with van der Waals surface area (Å²) in [6.45, 7) is 4.38. The highest BCUT2D eigenvalue weighted by Crippen LogP contribution is 2.31. The molecule has 1 aromatic carbocycles. The second kappa shape index (κ2) is 5.59. The summed E-state index contributed by atoms with van der Waals surface area (Å²) >= 11 is 0. The van der Waals surface area contributed by atoms with E-state index in [9.17, 15) is 8.42 Å². The number of anilines is 1. The van der Waals surface area contributed by atoms with E-state index in [2.05, 4.69) is 9.62 Å². The molecule has 2 fully saturated rings. The van der Waals surface area contributed by atoms with Crippen molar-refractivity contribution in [1.82, 2.24) is 9.62 Å². The summed E-state index contributed by atoms with van der Waals surface area (Å²) in [5.74, 6) is 0.408. The van der Waals surface area contributed by atoms with Crippen molar-refractivity contribution in [2.24, 2.45) is 5.92 Å². The first-order chi connectivity index (χ1) is 9.97. The molecule has 1 aliphatic carbocycles. The largest absolute Gasteiger partial charge is 0.398 e. The van der Waals surface area contributed by atoms with Crippen molar-refractivity contribution in [2.75, 3.05) is 25.4 Å². The van der Waals surface area contributed by atoms with Crippen LogP contribution in [-0.2, 0) is 10.0 Å². The van der Waals surface area contributed by atoms with Crippen molar-refractivity contribution in [1.29, 1.82) is 0 Å². The van der Waals surface area contributed by atoms with E-state index in [0.717, 1.165) is 25.6 Å². The Morgan fingerprint density at radius 1 is 1.33 bits per heavy atom. The van der Waals surface area contributed by atoms with Crippen LogP contribution in [0.3, 0.4) is 0 Å². The maximum absolute atomic E-state index is 12.5. The molecule has 3 N–H and O–H groups in total. The van der Waals surface area contributed by atoms with Crippen LogP contribution in [0.5, 0.6) is 0 Å². The molecular weight excluding hydrogens is 286 g/mol. The fourth-order valence-electron chi connectivity index (χ4n) is 3.14. The molecule has 1 saturated carbocycles. The molecule has 1 unspecified atom stereocenters. The molecule has 3 rings (SSSR count). The normalized spacial score (nSPS) is 23.6. The van der Waals surface area contributed by atoms with Crippen molar-refractivity contribution in [2.45, 2.75) is 37.1 Å². The zero-order valence-corrected chi connectivity index (χ0v) is 13.2. The molecule has 116 valence electrons. The van der Waals surface area contributed by atoms with Crippen molar-refractivity contribution >= 4 is 15.7 Å². The maximum Gasteiger partial charge on any atom is 0.242 e. The van der Waals surface area contributed by atoms with Crippen LogP contribution in [0.4, 0.5) is 5.69 Å². The number of nitrogens with zero attached hydrogens (tertiary/aromatic N) is 1. The zero-order valence-electron chi connectivity index (χ0n) is 12.4. The van der Waals surface area contributed by atoms with Gasteiger partial charge in [-0.2, -0.15) is 0 Å². The highest BCUT2D eigenvalue weighted by molar-refractivity contribution is 7.89. The fourth-order valence-corrected chi connectivity index (χ4v) is 4.61. The summed E-state index contributed by atoms with van der Waals surface area (Å²) in [7, 11) is -3.52. The molecule has 1 atom stereocenters. The van der Waals surface area contributed by atoms with E-state index < -0.39 is 10.0 Å². The Bertz CT molecular complexity index is 606. The number of sulfonamides is 1. The smallest absolute Gasteiger partial charge is 0.242 e. The minimum Gasteiger partial charge on any atom is -0.398 e. The Hall–Kier alpha value is -1.11. The van der Waals surface area contributed by atoms with E-state index in [0.29, 0.717) is 23.7 Å². The Kier molecular flexibility index (Phi) is 3.94. The van der Waals surface area contributed by atoms with Gasteiger partial charge in [-0.05, 0) is 50.3 Å². The number of nitrogens with one attached hydrogen (secondary N) is 1. The van der Waals surface area contributed by atoms with Crippen LogP contribution in [0, 0.1) is 12.8 Å². The molecule has 0 bridgehead atoms. The standard InChI is InChI=1S/C15H23N3O2S/c1-11-3-2-4-14(16)15(11)21(19,20)17-9-12-7-8-18(10-12)13-5-6-13/h2-4,12-13,17H,5-10,16H2,1H3. The maximum atomic E-state index is 12.5. The van der Waals surface area contributed by atoms with E-state index in [1.165, 1.54) is 12.8 Å². The summed E-state index contributed by atoms with van der Waals surface area (Å²) in [6, 6.07) is 5.94. The Morgan fingerprint density at radius 3 is 2.76 bits per heavy atom. The SMILES string of the molecule is Cc1cccc(N)c1S(=O)(=O)NCC1CCN(C2CC2)C1. The Balaban J connectivity index is 1.64. The topological polar surface area (TPSA) is 75.4 Å². The predicted molar refractivity (Wildman–Crippen MR) is 83.5 cm³/mol. The fraction of sp³-hybridized carbons (Fsp3) is 0.600. The van der Waals surface area contributed by atoms with E-state index in [1.54, 1.807) is 25.1 Å². The summed E-state index contributed by atoms with van der Waals surface area (Å²) in [6.07, 6.45) is 3.68. The number of benzene rings is 1. The lowest BCUT2D eigenvalue weighted by molar-refractivity contribution is 0.314. The minimum atomic E-state index is -3.52. The molecule has 0 aromatic heterocycles.